The Kier molecular flexibility index (Phi) is 2.54. The molecule has 1 N–H and O–H groups in total. The molecule has 1 saturated heterocycles. The van der Waals surface area contributed by atoms with Crippen molar-refractivity contribution in [3.63, 3.8) is 0 Å². The molecule has 15 heavy (non-hydrogen) atoms. The molecule has 0 aliphatic carbocycles. The number of hydrogen-bond donors (Lipinski definition) is 1. The van der Waals surface area contributed by atoms with Crippen LogP contribution >= 0.6 is 0 Å². The Morgan fingerprint density at radius 3 is 2.60 bits per heavy atom. The van der Waals surface area contributed by atoms with E-state index in [1.807, 2.05) is 7.05 Å². The predicted molar refractivity (Wildman–Crippen MR) is 55.7 cm³/mol. The van der Waals surface area contributed by atoms with Gasteiger partial charge >= 0.3 is 11.6 Å². The topological polar surface area (TPSA) is 67.9 Å². The summed E-state index contributed by atoms with van der Waals surface area (Å²) in [4.78, 5) is 22.0. The molecule has 0 aromatic carbocycles. The average Bonchev–Trinajstić information content (AvgIpc) is 2.17. The third-order valence-corrected chi connectivity index (χ3v) is 2.70. The smallest absolute Gasteiger partial charge is 0.352 e. The first-order valence-electron chi connectivity index (χ1n) is 4.98. The minimum absolute atomic E-state index is 0.330. The molecule has 1 fully saturated rings. The third-order valence-electron chi connectivity index (χ3n) is 2.70. The highest BCUT2D eigenvalue weighted by Gasteiger charge is 2.31. The van der Waals surface area contributed by atoms with Crippen LogP contribution in [0.5, 0.6) is 0 Å². The fourth-order valence-electron chi connectivity index (χ4n) is 1.66. The molecule has 6 heteroatoms. The van der Waals surface area contributed by atoms with Crippen molar-refractivity contribution in [3.05, 3.63) is 16.3 Å². The fraction of sp³-hybridized carbons (Fsp3) is 0.667. The number of aromatic nitrogens is 3. The molecule has 2 rings (SSSR count). The SMILES string of the molecule is Cc1nc([N+]2(C)CCOCC2)nc(=O)[nH]1. The van der Waals surface area contributed by atoms with E-state index in [9.17, 15) is 4.79 Å². The van der Waals surface area contributed by atoms with E-state index in [1.165, 1.54) is 0 Å². The van der Waals surface area contributed by atoms with E-state index in [0.29, 0.717) is 29.5 Å². The molecule has 82 valence electrons. The maximum Gasteiger partial charge on any atom is 0.352 e. The van der Waals surface area contributed by atoms with Gasteiger partial charge < -0.3 is 4.74 Å². The van der Waals surface area contributed by atoms with Gasteiger partial charge in [0.15, 0.2) is 0 Å². The number of rotatable bonds is 1. The summed E-state index contributed by atoms with van der Waals surface area (Å²) < 4.78 is 5.86. The van der Waals surface area contributed by atoms with Crippen LogP contribution in [0.25, 0.3) is 0 Å². The largest absolute Gasteiger partial charge is 0.370 e. The number of nitrogens with one attached hydrogen (secondary N) is 1. The lowest BCUT2D eigenvalue weighted by Gasteiger charge is -2.34. The summed E-state index contributed by atoms with van der Waals surface area (Å²) in [6.45, 7) is 4.75. The molecule has 1 aromatic rings. The van der Waals surface area contributed by atoms with Gasteiger partial charge in [0.1, 0.15) is 18.9 Å². The summed E-state index contributed by atoms with van der Waals surface area (Å²) in [6.07, 6.45) is 0. The first kappa shape index (κ1) is 10.3. The van der Waals surface area contributed by atoms with Crippen molar-refractivity contribution in [2.24, 2.45) is 0 Å². The lowest BCUT2D eigenvalue weighted by molar-refractivity contribution is 0.0493. The van der Waals surface area contributed by atoms with Crippen LogP contribution in [-0.2, 0) is 4.74 Å². The van der Waals surface area contributed by atoms with E-state index in [1.54, 1.807) is 6.92 Å². The molecule has 0 amide bonds. The second kappa shape index (κ2) is 3.71. The van der Waals surface area contributed by atoms with Crippen molar-refractivity contribution in [3.8, 4) is 0 Å². The van der Waals surface area contributed by atoms with Gasteiger partial charge in [0.25, 0.3) is 0 Å². The van der Waals surface area contributed by atoms with Gasteiger partial charge in [0, 0.05) is 0 Å². The van der Waals surface area contributed by atoms with Gasteiger partial charge in [-0.05, 0) is 6.92 Å². The standard InChI is InChI=1S/C9H14N4O2/c1-7-10-8(12-9(14)11-7)13(2)3-5-15-6-4-13/h3-6H2,1-2H3/p+1. The predicted octanol–water partition coefficient (Wildman–Crippen LogP) is -0.559. The van der Waals surface area contributed by atoms with Crippen molar-refractivity contribution in [1.82, 2.24) is 19.4 Å². The van der Waals surface area contributed by atoms with Crippen LogP contribution < -0.4 is 10.2 Å². The van der Waals surface area contributed by atoms with Crippen LogP contribution in [0.3, 0.4) is 0 Å². The molecule has 1 aromatic heterocycles. The van der Waals surface area contributed by atoms with Gasteiger partial charge in [0.05, 0.1) is 20.3 Å². The van der Waals surface area contributed by atoms with Crippen LogP contribution in [0.2, 0.25) is 0 Å². The summed E-state index contributed by atoms with van der Waals surface area (Å²) in [5.41, 5.74) is -0.330. The zero-order valence-electron chi connectivity index (χ0n) is 8.99. The van der Waals surface area contributed by atoms with Crippen molar-refractivity contribution in [2.75, 3.05) is 33.4 Å². The highest BCUT2D eigenvalue weighted by molar-refractivity contribution is 5.23. The van der Waals surface area contributed by atoms with Crippen LogP contribution in [0.15, 0.2) is 4.79 Å². The molecule has 0 unspecified atom stereocenters. The van der Waals surface area contributed by atoms with Gasteiger partial charge in [0.2, 0.25) is 0 Å². The van der Waals surface area contributed by atoms with Crippen molar-refractivity contribution >= 4 is 5.95 Å². The molecule has 0 spiro atoms. The number of quaternary nitrogens is 1. The number of nitrogens with zero attached hydrogens (tertiary/aromatic N) is 3. The van der Waals surface area contributed by atoms with Gasteiger partial charge in [-0.25, -0.2) is 4.79 Å². The molecular weight excluding hydrogens is 196 g/mol. The first-order valence-corrected chi connectivity index (χ1v) is 4.98. The number of ether oxygens (including phenoxy) is 1. The molecule has 0 bridgehead atoms. The second-order valence-electron chi connectivity index (χ2n) is 3.99. The zero-order chi connectivity index (χ0) is 10.9. The fourth-order valence-corrected chi connectivity index (χ4v) is 1.66. The Morgan fingerprint density at radius 1 is 1.33 bits per heavy atom. The maximum atomic E-state index is 11.2. The zero-order valence-corrected chi connectivity index (χ0v) is 8.99. The molecular formula is C9H15N4O2+. The quantitative estimate of drug-likeness (QED) is 0.632. The van der Waals surface area contributed by atoms with Crippen LogP contribution in [-0.4, -0.2) is 48.3 Å². The van der Waals surface area contributed by atoms with E-state index in [0.717, 1.165) is 13.1 Å². The third kappa shape index (κ3) is 2.05. The Bertz CT molecular complexity index is 409. The summed E-state index contributed by atoms with van der Waals surface area (Å²) in [6, 6.07) is 0. The molecule has 0 radical (unpaired) electrons. The van der Waals surface area contributed by atoms with Gasteiger partial charge in [-0.15, -0.1) is 4.98 Å². The minimum Gasteiger partial charge on any atom is -0.370 e. The highest BCUT2D eigenvalue weighted by Crippen LogP contribution is 2.15. The molecule has 0 atom stereocenters. The molecule has 2 heterocycles. The van der Waals surface area contributed by atoms with Crippen molar-refractivity contribution < 1.29 is 4.74 Å². The number of hydrogen-bond acceptors (Lipinski definition) is 4. The van der Waals surface area contributed by atoms with Gasteiger partial charge in [-0.2, -0.15) is 4.98 Å². The minimum atomic E-state index is -0.330. The summed E-state index contributed by atoms with van der Waals surface area (Å²) in [5.74, 6) is 1.19. The Hall–Kier alpha value is -1.27. The average molecular weight is 211 g/mol. The van der Waals surface area contributed by atoms with E-state index >= 15 is 0 Å². The van der Waals surface area contributed by atoms with E-state index < -0.39 is 0 Å². The van der Waals surface area contributed by atoms with E-state index in [2.05, 4.69) is 15.0 Å². The number of aromatic amines is 1. The summed E-state index contributed by atoms with van der Waals surface area (Å²) >= 11 is 0. The Morgan fingerprint density at radius 2 is 2.00 bits per heavy atom. The van der Waals surface area contributed by atoms with Crippen LogP contribution in [0, 0.1) is 6.92 Å². The van der Waals surface area contributed by atoms with Crippen LogP contribution in [0.4, 0.5) is 5.95 Å². The van der Waals surface area contributed by atoms with E-state index in [-0.39, 0.29) is 5.69 Å². The van der Waals surface area contributed by atoms with Gasteiger partial charge in [-0.1, -0.05) is 0 Å². The van der Waals surface area contributed by atoms with Crippen molar-refractivity contribution in [1.29, 1.82) is 0 Å². The lowest BCUT2D eigenvalue weighted by atomic mass is 10.3. The number of likely N-dealkylation sites (N-methyl/N-ethyl adjacent to an activating group) is 1. The Balaban J connectivity index is 2.38. The molecule has 1 aliphatic rings. The molecule has 6 nitrogen and oxygen atoms in total. The number of aryl methyl sites for hydroxylation is 1. The first-order chi connectivity index (χ1) is 7.10. The molecule has 1 aliphatic heterocycles. The number of morpholine rings is 1. The van der Waals surface area contributed by atoms with Gasteiger partial charge in [-0.3, -0.25) is 9.47 Å². The molecule has 0 saturated carbocycles. The monoisotopic (exact) mass is 211 g/mol. The van der Waals surface area contributed by atoms with Crippen LogP contribution in [0.1, 0.15) is 5.82 Å². The number of H-pyrrole nitrogens is 1. The Labute approximate surface area is 87.5 Å². The van der Waals surface area contributed by atoms with Crippen molar-refractivity contribution in [2.45, 2.75) is 6.92 Å². The summed E-state index contributed by atoms with van der Waals surface area (Å²) in [5, 5.41) is 0. The lowest BCUT2D eigenvalue weighted by Crippen LogP contribution is -2.54. The van der Waals surface area contributed by atoms with E-state index in [4.69, 9.17) is 4.74 Å². The normalized spacial score (nSPS) is 20.1. The maximum absolute atomic E-state index is 11.2. The highest BCUT2D eigenvalue weighted by atomic mass is 16.5. The summed E-state index contributed by atoms with van der Waals surface area (Å²) in [7, 11) is 2.02. The second-order valence-corrected chi connectivity index (χ2v) is 3.99.